The molecule has 3 aliphatic rings. The average molecular weight is 427 g/mol. The molecule has 0 aromatic carbocycles. The maximum atomic E-state index is 14.3. The first-order chi connectivity index (χ1) is 14.3. The van der Waals surface area contributed by atoms with Crippen molar-refractivity contribution >= 4 is 11.4 Å². The normalized spacial score (nSPS) is 26.7. The molecule has 0 N–H and O–H groups in total. The minimum absolute atomic E-state index is 0.0113. The van der Waals surface area contributed by atoms with Crippen LogP contribution in [0.1, 0.15) is 31.7 Å². The van der Waals surface area contributed by atoms with Crippen molar-refractivity contribution in [3.63, 3.8) is 0 Å². The molecule has 1 aromatic rings. The molecule has 4 nitrogen and oxygen atoms in total. The molecule has 0 radical (unpaired) electrons. The Morgan fingerprint density at radius 2 is 2.10 bits per heavy atom. The van der Waals surface area contributed by atoms with Gasteiger partial charge in [-0.05, 0) is 19.4 Å². The highest BCUT2D eigenvalue weighted by atomic mass is 19.4. The number of rotatable bonds is 4. The van der Waals surface area contributed by atoms with Gasteiger partial charge in [0.05, 0.1) is 30.1 Å². The monoisotopic (exact) mass is 427 g/mol. The number of ether oxygens (including phenoxy) is 1. The van der Waals surface area contributed by atoms with Crippen LogP contribution in [-0.2, 0) is 6.18 Å². The van der Waals surface area contributed by atoms with Crippen LogP contribution in [0.3, 0.4) is 0 Å². The Hall–Kier alpha value is -2.45. The number of nitrogens with zero attached hydrogens (tertiary/aromatic N) is 3. The Kier molecular flexibility index (Phi) is 5.55. The molecule has 1 saturated heterocycles. The molecule has 9 heteroatoms. The number of hydrogen-bond acceptors (Lipinski definition) is 4. The zero-order valence-corrected chi connectivity index (χ0v) is 16.4. The number of piperidine rings is 1. The summed E-state index contributed by atoms with van der Waals surface area (Å²) in [5, 5.41) is 0. The first-order valence-electron chi connectivity index (χ1n) is 9.99. The second-order valence-electron chi connectivity index (χ2n) is 7.64. The number of pyridine rings is 1. The Morgan fingerprint density at radius 3 is 2.80 bits per heavy atom. The van der Waals surface area contributed by atoms with Crippen molar-refractivity contribution in [2.45, 2.75) is 44.6 Å². The van der Waals surface area contributed by atoms with Crippen molar-refractivity contribution in [2.24, 2.45) is 10.9 Å². The SMILES string of the molecule is CCOc1cc(C(F)(F)F)c(N2CCC3=NC(C4=C(F)C=CCC4F)CC3C2)cn1. The molecule has 3 unspecified atom stereocenters. The number of allylic oxidation sites excluding steroid dienone is 3. The van der Waals surface area contributed by atoms with Crippen molar-refractivity contribution in [3.05, 3.63) is 41.4 Å². The van der Waals surface area contributed by atoms with E-state index in [4.69, 9.17) is 4.74 Å². The van der Waals surface area contributed by atoms with Crippen LogP contribution in [0.2, 0.25) is 0 Å². The van der Waals surface area contributed by atoms with Crippen LogP contribution in [0, 0.1) is 5.92 Å². The molecule has 0 amide bonds. The minimum atomic E-state index is -4.56. The van der Waals surface area contributed by atoms with E-state index in [0.29, 0.717) is 25.9 Å². The Morgan fingerprint density at radius 1 is 1.30 bits per heavy atom. The van der Waals surface area contributed by atoms with E-state index in [1.54, 1.807) is 11.8 Å². The Bertz CT molecular complexity index is 908. The van der Waals surface area contributed by atoms with E-state index in [1.165, 1.54) is 18.3 Å². The van der Waals surface area contributed by atoms with Crippen LogP contribution >= 0.6 is 0 Å². The lowest BCUT2D eigenvalue weighted by Crippen LogP contribution is -2.40. The number of alkyl halides is 4. The van der Waals surface area contributed by atoms with E-state index in [1.807, 2.05) is 0 Å². The topological polar surface area (TPSA) is 37.7 Å². The number of fused-ring (bicyclic) bond motifs is 1. The first kappa shape index (κ1) is 20.8. The van der Waals surface area contributed by atoms with Gasteiger partial charge >= 0.3 is 6.18 Å². The summed E-state index contributed by atoms with van der Waals surface area (Å²) in [4.78, 5) is 10.2. The summed E-state index contributed by atoms with van der Waals surface area (Å²) in [6.07, 6.45) is -1.09. The fourth-order valence-electron chi connectivity index (χ4n) is 4.40. The van der Waals surface area contributed by atoms with E-state index >= 15 is 0 Å². The summed E-state index contributed by atoms with van der Waals surface area (Å²) < 4.78 is 74.5. The molecule has 3 atom stereocenters. The number of aromatic nitrogens is 1. The molecular formula is C21H22F5N3O. The fraction of sp³-hybridized carbons (Fsp3) is 0.524. The molecule has 1 fully saturated rings. The fourth-order valence-corrected chi connectivity index (χ4v) is 4.40. The number of hydrogen-bond donors (Lipinski definition) is 0. The van der Waals surface area contributed by atoms with Crippen molar-refractivity contribution in [1.82, 2.24) is 4.98 Å². The zero-order valence-electron chi connectivity index (χ0n) is 16.4. The summed E-state index contributed by atoms with van der Waals surface area (Å²) in [5.41, 5.74) is 0.0733. The van der Waals surface area contributed by atoms with Gasteiger partial charge in [-0.2, -0.15) is 13.2 Å². The van der Waals surface area contributed by atoms with Crippen LogP contribution in [0.5, 0.6) is 5.88 Å². The summed E-state index contributed by atoms with van der Waals surface area (Å²) >= 11 is 0. The minimum Gasteiger partial charge on any atom is -0.478 e. The quantitative estimate of drug-likeness (QED) is 0.631. The van der Waals surface area contributed by atoms with Gasteiger partial charge < -0.3 is 9.64 Å². The highest BCUT2D eigenvalue weighted by Gasteiger charge is 2.41. The third kappa shape index (κ3) is 3.94. The zero-order chi connectivity index (χ0) is 21.5. The summed E-state index contributed by atoms with van der Waals surface area (Å²) in [5.74, 6) is -0.806. The van der Waals surface area contributed by atoms with Crippen molar-refractivity contribution in [3.8, 4) is 5.88 Å². The lowest BCUT2D eigenvalue weighted by Gasteiger charge is -2.34. The van der Waals surface area contributed by atoms with E-state index in [0.717, 1.165) is 11.8 Å². The molecule has 162 valence electrons. The summed E-state index contributed by atoms with van der Waals surface area (Å²) in [6, 6.07) is 0.327. The summed E-state index contributed by atoms with van der Waals surface area (Å²) in [6.45, 7) is 2.53. The number of halogens is 5. The molecule has 1 aromatic heterocycles. The third-order valence-electron chi connectivity index (χ3n) is 5.75. The van der Waals surface area contributed by atoms with Crippen LogP contribution in [0.25, 0.3) is 0 Å². The average Bonchev–Trinajstić information content (AvgIpc) is 3.10. The van der Waals surface area contributed by atoms with Gasteiger partial charge in [0, 0.05) is 49.2 Å². The highest BCUT2D eigenvalue weighted by Crippen LogP contribution is 2.41. The largest absolute Gasteiger partial charge is 0.478 e. The predicted molar refractivity (Wildman–Crippen MR) is 103 cm³/mol. The van der Waals surface area contributed by atoms with Crippen molar-refractivity contribution in [1.29, 1.82) is 0 Å². The second-order valence-corrected chi connectivity index (χ2v) is 7.64. The molecule has 1 aliphatic carbocycles. The van der Waals surface area contributed by atoms with E-state index < -0.39 is 29.8 Å². The standard InChI is InChI=1S/C21H22F5N3O/c1-2-30-19-9-13(21(24,25)26)18(10-27-19)29-7-6-16-12(11-29)8-17(28-16)20-14(22)4-3-5-15(20)23/h3-4,9-10,12,15,17H,2,5-8,11H2,1H3. The second kappa shape index (κ2) is 8.00. The van der Waals surface area contributed by atoms with E-state index in [9.17, 15) is 22.0 Å². The molecule has 0 bridgehead atoms. The van der Waals surface area contributed by atoms with Gasteiger partial charge in [-0.3, -0.25) is 4.99 Å². The number of aliphatic imine (C=N–C) groups is 1. The predicted octanol–water partition coefficient (Wildman–Crippen LogP) is 5.06. The van der Waals surface area contributed by atoms with Crippen LogP contribution < -0.4 is 9.64 Å². The van der Waals surface area contributed by atoms with Crippen LogP contribution in [0.4, 0.5) is 27.6 Å². The molecule has 2 aliphatic heterocycles. The number of anilines is 1. The maximum Gasteiger partial charge on any atom is 0.418 e. The third-order valence-corrected chi connectivity index (χ3v) is 5.75. The van der Waals surface area contributed by atoms with E-state index in [-0.39, 0.29) is 36.1 Å². The molecule has 0 saturated carbocycles. The van der Waals surface area contributed by atoms with Gasteiger partial charge in [-0.25, -0.2) is 13.8 Å². The van der Waals surface area contributed by atoms with Gasteiger partial charge in [0.15, 0.2) is 0 Å². The van der Waals surface area contributed by atoms with E-state index in [2.05, 4.69) is 9.98 Å². The van der Waals surface area contributed by atoms with Gasteiger partial charge in [0.2, 0.25) is 5.88 Å². The molecule has 30 heavy (non-hydrogen) atoms. The van der Waals surface area contributed by atoms with Gasteiger partial charge in [0.25, 0.3) is 0 Å². The molecule has 4 rings (SSSR count). The van der Waals surface area contributed by atoms with Crippen molar-refractivity contribution in [2.75, 3.05) is 24.6 Å². The molecule has 0 spiro atoms. The maximum absolute atomic E-state index is 14.3. The Labute approximate surface area is 171 Å². The molecular weight excluding hydrogens is 405 g/mol. The summed E-state index contributed by atoms with van der Waals surface area (Å²) in [7, 11) is 0. The van der Waals surface area contributed by atoms with Crippen molar-refractivity contribution < 1.29 is 26.7 Å². The lowest BCUT2D eigenvalue weighted by atomic mass is 9.88. The van der Waals surface area contributed by atoms with Gasteiger partial charge in [-0.15, -0.1) is 0 Å². The van der Waals surface area contributed by atoms with Crippen LogP contribution in [0.15, 0.2) is 40.8 Å². The van der Waals surface area contributed by atoms with Gasteiger partial charge in [0.1, 0.15) is 12.0 Å². The first-order valence-corrected chi connectivity index (χ1v) is 9.99. The molecule has 3 heterocycles. The lowest BCUT2D eigenvalue weighted by molar-refractivity contribution is -0.137. The highest BCUT2D eigenvalue weighted by molar-refractivity contribution is 5.91. The van der Waals surface area contributed by atoms with Gasteiger partial charge in [-0.1, -0.05) is 6.08 Å². The smallest absolute Gasteiger partial charge is 0.418 e. The van der Waals surface area contributed by atoms with Crippen LogP contribution in [-0.4, -0.2) is 42.6 Å². The Balaban J connectivity index is 1.56.